The number of hydrogen-bond acceptors (Lipinski definition) is 0. The molecule has 2 rings (SSSR count). The lowest BCUT2D eigenvalue weighted by Gasteiger charge is -2.29. The third-order valence-electron chi connectivity index (χ3n) is 3.06. The zero-order chi connectivity index (χ0) is 9.26. The van der Waals surface area contributed by atoms with Crippen LogP contribution in [-0.2, 0) is 6.42 Å². The summed E-state index contributed by atoms with van der Waals surface area (Å²) in [5.41, 5.74) is 2.94. The smallest absolute Gasteiger partial charge is 0.0520 e. The van der Waals surface area contributed by atoms with Gasteiger partial charge in [-0.25, -0.2) is 5.32 Å². The summed E-state index contributed by atoms with van der Waals surface area (Å²) < 4.78 is 0. The van der Waals surface area contributed by atoms with Gasteiger partial charge in [0.15, 0.2) is 0 Å². The van der Waals surface area contributed by atoms with Gasteiger partial charge in [-0.15, -0.1) is 0 Å². The van der Waals surface area contributed by atoms with Gasteiger partial charge in [-0.3, -0.25) is 0 Å². The van der Waals surface area contributed by atoms with Crippen LogP contribution >= 0.6 is 0 Å². The van der Waals surface area contributed by atoms with Crippen LogP contribution in [-0.4, -0.2) is 7.05 Å². The van der Waals surface area contributed by atoms with E-state index in [1.807, 2.05) is 7.05 Å². The Morgan fingerprint density at radius 3 is 2.85 bits per heavy atom. The molecule has 0 aromatic heterocycles. The van der Waals surface area contributed by atoms with E-state index in [1.54, 1.807) is 0 Å². The van der Waals surface area contributed by atoms with E-state index in [1.165, 1.54) is 24.0 Å². The lowest BCUT2D eigenvalue weighted by Crippen LogP contribution is -2.24. The highest BCUT2D eigenvalue weighted by atomic mass is 14.9. The van der Waals surface area contributed by atoms with Crippen LogP contribution in [0.2, 0.25) is 0 Å². The summed E-state index contributed by atoms with van der Waals surface area (Å²) in [6.45, 7) is 2.30. The Labute approximate surface area is 80.2 Å². The maximum absolute atomic E-state index is 4.47. The normalized spacial score (nSPS) is 26.9. The Morgan fingerprint density at radius 1 is 1.31 bits per heavy atom. The van der Waals surface area contributed by atoms with Crippen molar-refractivity contribution in [3.05, 3.63) is 35.4 Å². The van der Waals surface area contributed by atoms with Gasteiger partial charge in [-0.1, -0.05) is 31.2 Å². The standard InChI is InChI=1S/C12H16N/c1-9-7-8-10-5-3-4-6-11(10)12(9)13-2/h3-6,9,12H,7-8H2,1-2H3. The van der Waals surface area contributed by atoms with Crippen molar-refractivity contribution >= 4 is 0 Å². The molecule has 1 nitrogen and oxygen atoms in total. The number of aryl methyl sites for hydroxylation is 1. The molecule has 0 amide bonds. The molecule has 0 saturated heterocycles. The summed E-state index contributed by atoms with van der Waals surface area (Å²) >= 11 is 0. The Balaban J connectivity index is 2.39. The molecule has 1 aliphatic rings. The summed E-state index contributed by atoms with van der Waals surface area (Å²) in [6, 6.07) is 9.14. The van der Waals surface area contributed by atoms with E-state index < -0.39 is 0 Å². The Bertz CT molecular complexity index is 293. The first-order valence-electron chi connectivity index (χ1n) is 4.99. The summed E-state index contributed by atoms with van der Waals surface area (Å²) in [4.78, 5) is 0. The molecule has 0 fully saturated rings. The van der Waals surface area contributed by atoms with Crippen molar-refractivity contribution in [3.8, 4) is 0 Å². The minimum absolute atomic E-state index is 0.435. The van der Waals surface area contributed by atoms with E-state index in [-0.39, 0.29) is 0 Å². The zero-order valence-electron chi connectivity index (χ0n) is 8.33. The van der Waals surface area contributed by atoms with E-state index in [0.29, 0.717) is 12.0 Å². The van der Waals surface area contributed by atoms with Crippen molar-refractivity contribution in [2.24, 2.45) is 5.92 Å². The molecule has 1 radical (unpaired) electrons. The van der Waals surface area contributed by atoms with Crippen molar-refractivity contribution in [1.29, 1.82) is 0 Å². The Kier molecular flexibility index (Phi) is 2.36. The molecule has 1 aromatic carbocycles. The van der Waals surface area contributed by atoms with Gasteiger partial charge in [0, 0.05) is 7.05 Å². The molecule has 0 spiro atoms. The predicted molar refractivity (Wildman–Crippen MR) is 54.7 cm³/mol. The lowest BCUT2D eigenvalue weighted by atomic mass is 9.81. The van der Waals surface area contributed by atoms with Crippen molar-refractivity contribution in [3.63, 3.8) is 0 Å². The van der Waals surface area contributed by atoms with Crippen LogP contribution in [0, 0.1) is 5.92 Å². The second-order valence-corrected chi connectivity index (χ2v) is 3.92. The minimum Gasteiger partial charge on any atom is -0.237 e. The second-order valence-electron chi connectivity index (χ2n) is 3.92. The highest BCUT2D eigenvalue weighted by Gasteiger charge is 2.24. The quantitative estimate of drug-likeness (QED) is 0.621. The van der Waals surface area contributed by atoms with Crippen molar-refractivity contribution < 1.29 is 0 Å². The predicted octanol–water partition coefficient (Wildman–Crippen LogP) is 2.54. The second kappa shape index (κ2) is 3.51. The van der Waals surface area contributed by atoms with Crippen LogP contribution in [0.25, 0.3) is 0 Å². The van der Waals surface area contributed by atoms with Gasteiger partial charge in [0.2, 0.25) is 0 Å². The lowest BCUT2D eigenvalue weighted by molar-refractivity contribution is 0.359. The molecule has 69 valence electrons. The minimum atomic E-state index is 0.435. The number of hydrogen-bond donors (Lipinski definition) is 0. The number of fused-ring (bicyclic) bond motifs is 1. The molecule has 13 heavy (non-hydrogen) atoms. The largest absolute Gasteiger partial charge is 0.237 e. The molecule has 1 aromatic rings. The van der Waals surface area contributed by atoms with Crippen molar-refractivity contribution in [2.75, 3.05) is 7.05 Å². The van der Waals surface area contributed by atoms with Gasteiger partial charge in [0.05, 0.1) is 6.04 Å². The first-order valence-corrected chi connectivity index (χ1v) is 4.99. The molecule has 0 aliphatic heterocycles. The molecular weight excluding hydrogens is 158 g/mol. The van der Waals surface area contributed by atoms with Gasteiger partial charge in [-0.2, -0.15) is 0 Å². The van der Waals surface area contributed by atoms with E-state index in [9.17, 15) is 0 Å². The van der Waals surface area contributed by atoms with Gasteiger partial charge < -0.3 is 0 Å². The van der Waals surface area contributed by atoms with Crippen LogP contribution in [0.5, 0.6) is 0 Å². The first-order chi connectivity index (χ1) is 6.33. The average Bonchev–Trinajstić information content (AvgIpc) is 2.18. The molecule has 2 atom stereocenters. The summed E-state index contributed by atoms with van der Waals surface area (Å²) in [5, 5.41) is 4.47. The maximum Gasteiger partial charge on any atom is 0.0520 e. The van der Waals surface area contributed by atoms with Gasteiger partial charge in [0.1, 0.15) is 0 Å². The first kappa shape index (κ1) is 8.76. The van der Waals surface area contributed by atoms with Gasteiger partial charge >= 0.3 is 0 Å². The average molecular weight is 174 g/mol. The van der Waals surface area contributed by atoms with Crippen LogP contribution in [0.3, 0.4) is 0 Å². The number of benzene rings is 1. The Hall–Kier alpha value is -0.820. The van der Waals surface area contributed by atoms with Gasteiger partial charge in [0.25, 0.3) is 0 Å². The topological polar surface area (TPSA) is 14.1 Å². The zero-order valence-corrected chi connectivity index (χ0v) is 8.33. The Morgan fingerprint density at radius 2 is 2.08 bits per heavy atom. The molecule has 0 N–H and O–H groups in total. The molecule has 0 bridgehead atoms. The van der Waals surface area contributed by atoms with Crippen molar-refractivity contribution in [2.45, 2.75) is 25.8 Å². The monoisotopic (exact) mass is 174 g/mol. The summed E-state index contributed by atoms with van der Waals surface area (Å²) in [5.74, 6) is 0.708. The molecule has 2 unspecified atom stereocenters. The number of rotatable bonds is 1. The fraction of sp³-hybridized carbons (Fsp3) is 0.500. The SMILES string of the molecule is C[N]C1c2ccccc2CCC1C. The van der Waals surface area contributed by atoms with E-state index >= 15 is 0 Å². The molecule has 1 heteroatoms. The molecule has 0 heterocycles. The van der Waals surface area contributed by atoms with E-state index in [4.69, 9.17) is 0 Å². The highest BCUT2D eigenvalue weighted by molar-refractivity contribution is 5.32. The highest BCUT2D eigenvalue weighted by Crippen LogP contribution is 2.34. The van der Waals surface area contributed by atoms with Crippen molar-refractivity contribution in [1.82, 2.24) is 5.32 Å². The third kappa shape index (κ3) is 1.49. The summed E-state index contributed by atoms with van der Waals surface area (Å²) in [7, 11) is 1.93. The maximum atomic E-state index is 4.47. The molecular formula is C12H16N. The summed E-state index contributed by atoms with van der Waals surface area (Å²) in [6.07, 6.45) is 2.50. The van der Waals surface area contributed by atoms with Crippen LogP contribution in [0.15, 0.2) is 24.3 Å². The van der Waals surface area contributed by atoms with Crippen LogP contribution < -0.4 is 5.32 Å². The fourth-order valence-electron chi connectivity index (χ4n) is 2.29. The van der Waals surface area contributed by atoms with E-state index in [2.05, 4.69) is 36.5 Å². The molecule has 0 saturated carbocycles. The fourth-order valence-corrected chi connectivity index (χ4v) is 2.29. The van der Waals surface area contributed by atoms with E-state index in [0.717, 1.165) is 0 Å². The third-order valence-corrected chi connectivity index (χ3v) is 3.06. The van der Waals surface area contributed by atoms with Crippen LogP contribution in [0.1, 0.15) is 30.5 Å². The van der Waals surface area contributed by atoms with Gasteiger partial charge in [-0.05, 0) is 29.9 Å². The number of nitrogens with zero attached hydrogens (tertiary/aromatic N) is 1. The molecule has 1 aliphatic carbocycles. The van der Waals surface area contributed by atoms with Crippen LogP contribution in [0.4, 0.5) is 0 Å².